The van der Waals surface area contributed by atoms with Gasteiger partial charge in [0.2, 0.25) is 0 Å². The minimum absolute atomic E-state index is 0.309. The van der Waals surface area contributed by atoms with Crippen LogP contribution in [0.5, 0.6) is 0 Å². The maximum Gasteiger partial charge on any atom is 0.169 e. The van der Waals surface area contributed by atoms with Gasteiger partial charge >= 0.3 is 0 Å². The van der Waals surface area contributed by atoms with Crippen molar-refractivity contribution < 1.29 is 4.42 Å². The highest BCUT2D eigenvalue weighted by Gasteiger charge is 2.11. The summed E-state index contributed by atoms with van der Waals surface area (Å²) in [5.41, 5.74) is 0. The monoisotopic (exact) mass is 300 g/mol. The highest BCUT2D eigenvalue weighted by Crippen LogP contribution is 2.20. The van der Waals surface area contributed by atoms with E-state index in [4.69, 9.17) is 4.42 Å². The second-order valence-corrected chi connectivity index (χ2v) is 5.13. The average molecular weight is 301 g/mol. The van der Waals surface area contributed by atoms with Gasteiger partial charge in [0.15, 0.2) is 4.67 Å². The third-order valence-corrected chi connectivity index (χ3v) is 3.62. The molecular formula is C11H13BrN2OS. The molecule has 1 atom stereocenters. The fourth-order valence-corrected chi connectivity index (χ4v) is 2.62. The Morgan fingerprint density at radius 2 is 2.44 bits per heavy atom. The first-order valence-electron chi connectivity index (χ1n) is 5.16. The highest BCUT2D eigenvalue weighted by molar-refractivity contribution is 9.10. The molecule has 16 heavy (non-hydrogen) atoms. The van der Waals surface area contributed by atoms with Crippen molar-refractivity contribution in [3.05, 3.63) is 39.1 Å². The van der Waals surface area contributed by atoms with E-state index in [1.165, 1.54) is 0 Å². The molecule has 86 valence electrons. The number of halogens is 1. The Hall–Kier alpha value is -0.650. The predicted molar refractivity (Wildman–Crippen MR) is 68.4 cm³/mol. The molecule has 5 heteroatoms. The summed E-state index contributed by atoms with van der Waals surface area (Å²) in [6.07, 6.45) is 2.86. The largest absolute Gasteiger partial charge is 0.453 e. The van der Waals surface area contributed by atoms with Crippen LogP contribution in [0.1, 0.15) is 30.2 Å². The zero-order chi connectivity index (χ0) is 11.4. The van der Waals surface area contributed by atoms with Crippen LogP contribution in [0.2, 0.25) is 0 Å². The summed E-state index contributed by atoms with van der Waals surface area (Å²) in [5.74, 6) is 0.932. The average Bonchev–Trinajstić information content (AvgIpc) is 2.91. The van der Waals surface area contributed by atoms with E-state index in [0.29, 0.717) is 6.04 Å². The summed E-state index contributed by atoms with van der Waals surface area (Å²) in [6.45, 7) is 2.88. The summed E-state index contributed by atoms with van der Waals surface area (Å²) in [4.78, 5) is 4.32. The smallest absolute Gasteiger partial charge is 0.169 e. The van der Waals surface area contributed by atoms with Gasteiger partial charge in [-0.2, -0.15) is 0 Å². The molecule has 0 bridgehead atoms. The maximum atomic E-state index is 5.43. The van der Waals surface area contributed by atoms with E-state index in [-0.39, 0.29) is 0 Å². The number of hydrogen-bond acceptors (Lipinski definition) is 4. The van der Waals surface area contributed by atoms with Gasteiger partial charge in [0.05, 0.1) is 12.6 Å². The minimum Gasteiger partial charge on any atom is -0.453 e. The van der Waals surface area contributed by atoms with Crippen molar-refractivity contribution in [1.29, 1.82) is 0 Å². The van der Waals surface area contributed by atoms with E-state index in [1.807, 2.05) is 23.7 Å². The molecule has 0 fully saturated rings. The quantitative estimate of drug-likeness (QED) is 0.914. The molecule has 2 heterocycles. The summed E-state index contributed by atoms with van der Waals surface area (Å²) < 4.78 is 6.20. The zero-order valence-corrected chi connectivity index (χ0v) is 11.3. The van der Waals surface area contributed by atoms with Gasteiger partial charge < -0.3 is 9.73 Å². The Kier molecular flexibility index (Phi) is 4.15. The minimum atomic E-state index is 0.309. The predicted octanol–water partition coefficient (Wildman–Crippen LogP) is 3.74. The SMILES string of the molecule is CCC(NCc1ccc(Br)o1)c1nccs1. The van der Waals surface area contributed by atoms with Crippen molar-refractivity contribution in [2.24, 2.45) is 0 Å². The van der Waals surface area contributed by atoms with Gasteiger partial charge in [-0.05, 0) is 34.5 Å². The van der Waals surface area contributed by atoms with Crippen LogP contribution in [0, 0.1) is 0 Å². The number of rotatable bonds is 5. The number of nitrogens with zero attached hydrogens (tertiary/aromatic N) is 1. The first-order chi connectivity index (χ1) is 7.79. The van der Waals surface area contributed by atoms with Crippen LogP contribution in [0.3, 0.4) is 0 Å². The van der Waals surface area contributed by atoms with Crippen molar-refractivity contribution in [2.75, 3.05) is 0 Å². The van der Waals surface area contributed by atoms with Gasteiger partial charge in [-0.25, -0.2) is 4.98 Å². The Labute approximate surface area is 107 Å². The number of nitrogens with one attached hydrogen (secondary N) is 1. The standard InChI is InChI=1S/C11H13BrN2OS/c1-2-9(11-13-5-6-16-11)14-7-8-3-4-10(12)15-8/h3-6,9,14H,2,7H2,1H3. The molecule has 0 aliphatic carbocycles. The van der Waals surface area contributed by atoms with Crippen molar-refractivity contribution in [2.45, 2.75) is 25.9 Å². The van der Waals surface area contributed by atoms with Crippen LogP contribution in [0.4, 0.5) is 0 Å². The zero-order valence-electron chi connectivity index (χ0n) is 8.94. The lowest BCUT2D eigenvalue weighted by Gasteiger charge is -2.12. The van der Waals surface area contributed by atoms with E-state index in [0.717, 1.165) is 28.4 Å². The molecule has 2 aromatic heterocycles. The normalized spacial score (nSPS) is 12.9. The fourth-order valence-electron chi connectivity index (χ4n) is 1.48. The van der Waals surface area contributed by atoms with Crippen molar-refractivity contribution in [3.63, 3.8) is 0 Å². The molecule has 0 saturated carbocycles. The molecule has 2 aromatic rings. The van der Waals surface area contributed by atoms with Crippen molar-refractivity contribution >= 4 is 27.3 Å². The first-order valence-corrected chi connectivity index (χ1v) is 6.84. The van der Waals surface area contributed by atoms with Crippen LogP contribution in [0.25, 0.3) is 0 Å². The summed E-state index contributed by atoms with van der Waals surface area (Å²) in [5, 5.41) is 6.57. The van der Waals surface area contributed by atoms with E-state index < -0.39 is 0 Å². The highest BCUT2D eigenvalue weighted by atomic mass is 79.9. The van der Waals surface area contributed by atoms with Crippen LogP contribution >= 0.6 is 27.3 Å². The molecule has 0 saturated heterocycles. The Balaban J connectivity index is 1.93. The summed E-state index contributed by atoms with van der Waals surface area (Å²) in [7, 11) is 0. The fraction of sp³-hybridized carbons (Fsp3) is 0.364. The molecule has 0 aliphatic heterocycles. The molecule has 0 aromatic carbocycles. The molecular weight excluding hydrogens is 288 g/mol. The molecule has 2 rings (SSSR count). The second kappa shape index (κ2) is 5.61. The van der Waals surface area contributed by atoms with E-state index >= 15 is 0 Å². The van der Waals surface area contributed by atoms with Gasteiger partial charge in [0, 0.05) is 11.6 Å². The van der Waals surface area contributed by atoms with Crippen LogP contribution in [-0.2, 0) is 6.54 Å². The third-order valence-electron chi connectivity index (χ3n) is 2.31. The van der Waals surface area contributed by atoms with Crippen LogP contribution < -0.4 is 5.32 Å². The number of furan rings is 1. The Morgan fingerprint density at radius 3 is 3.00 bits per heavy atom. The Bertz CT molecular complexity index is 427. The van der Waals surface area contributed by atoms with Crippen molar-refractivity contribution in [1.82, 2.24) is 10.3 Å². The lowest BCUT2D eigenvalue weighted by molar-refractivity contribution is 0.432. The number of aromatic nitrogens is 1. The lowest BCUT2D eigenvalue weighted by Crippen LogP contribution is -2.19. The van der Waals surface area contributed by atoms with E-state index in [1.54, 1.807) is 11.3 Å². The number of thiazole rings is 1. The third kappa shape index (κ3) is 2.93. The van der Waals surface area contributed by atoms with Crippen LogP contribution in [0.15, 0.2) is 32.8 Å². The molecule has 1 unspecified atom stereocenters. The first kappa shape index (κ1) is 11.8. The second-order valence-electron chi connectivity index (χ2n) is 3.42. The molecule has 0 spiro atoms. The van der Waals surface area contributed by atoms with Crippen molar-refractivity contribution in [3.8, 4) is 0 Å². The molecule has 3 nitrogen and oxygen atoms in total. The van der Waals surface area contributed by atoms with E-state index in [2.05, 4.69) is 33.2 Å². The van der Waals surface area contributed by atoms with Gasteiger partial charge in [-0.1, -0.05) is 6.92 Å². The topological polar surface area (TPSA) is 38.1 Å². The molecule has 0 radical (unpaired) electrons. The van der Waals surface area contributed by atoms with Gasteiger partial charge in [0.1, 0.15) is 10.8 Å². The molecule has 1 N–H and O–H groups in total. The lowest BCUT2D eigenvalue weighted by atomic mass is 10.2. The number of hydrogen-bond donors (Lipinski definition) is 1. The molecule has 0 amide bonds. The van der Waals surface area contributed by atoms with Gasteiger partial charge in [-0.3, -0.25) is 0 Å². The van der Waals surface area contributed by atoms with E-state index in [9.17, 15) is 0 Å². The summed E-state index contributed by atoms with van der Waals surface area (Å²) >= 11 is 4.97. The van der Waals surface area contributed by atoms with Gasteiger partial charge in [-0.15, -0.1) is 11.3 Å². The summed E-state index contributed by atoms with van der Waals surface area (Å²) in [6, 6.07) is 4.18. The Morgan fingerprint density at radius 1 is 1.56 bits per heavy atom. The maximum absolute atomic E-state index is 5.43. The van der Waals surface area contributed by atoms with Crippen LogP contribution in [-0.4, -0.2) is 4.98 Å². The van der Waals surface area contributed by atoms with Gasteiger partial charge in [0.25, 0.3) is 0 Å². The molecule has 0 aliphatic rings.